The molecule has 0 aliphatic heterocycles. The molecule has 1 N–H and O–H groups in total. The minimum Gasteiger partial charge on any atom is -0.377 e. The van der Waals surface area contributed by atoms with E-state index in [1.54, 1.807) is 0 Å². The summed E-state index contributed by atoms with van der Waals surface area (Å²) in [5, 5.41) is 9.04. The number of hydrogen-bond donors (Lipinski definition) is 1. The SMILES string of the molecule is O=C=NC(O)CCOCc1ccccc1. The Kier molecular flexibility index (Phi) is 5.33. The third-order valence-electron chi connectivity index (χ3n) is 1.83. The van der Waals surface area contributed by atoms with Crippen molar-refractivity contribution in [2.24, 2.45) is 4.99 Å². The first-order valence-electron chi connectivity index (χ1n) is 4.69. The Hall–Kier alpha value is -1.48. The van der Waals surface area contributed by atoms with Crippen molar-refractivity contribution >= 4 is 6.08 Å². The van der Waals surface area contributed by atoms with Gasteiger partial charge in [-0.2, -0.15) is 4.99 Å². The van der Waals surface area contributed by atoms with Crippen LogP contribution in [0, 0.1) is 0 Å². The minimum absolute atomic E-state index is 0.308. The number of nitrogens with zero attached hydrogens (tertiary/aromatic N) is 1. The number of carbonyl (C=O) groups excluding carboxylic acids is 1. The van der Waals surface area contributed by atoms with E-state index in [1.165, 1.54) is 6.08 Å². The summed E-state index contributed by atoms with van der Waals surface area (Å²) in [5.74, 6) is 0. The highest BCUT2D eigenvalue weighted by molar-refractivity contribution is 5.33. The second kappa shape index (κ2) is 6.90. The molecular weight excluding hydrogens is 194 g/mol. The fraction of sp³-hybridized carbons (Fsp3) is 0.364. The molecule has 1 aromatic rings. The fourth-order valence-corrected chi connectivity index (χ4v) is 1.08. The van der Waals surface area contributed by atoms with Crippen molar-refractivity contribution in [2.75, 3.05) is 6.61 Å². The molecule has 0 aliphatic carbocycles. The number of hydrogen-bond acceptors (Lipinski definition) is 4. The monoisotopic (exact) mass is 207 g/mol. The van der Waals surface area contributed by atoms with Crippen LogP contribution >= 0.6 is 0 Å². The van der Waals surface area contributed by atoms with Crippen molar-refractivity contribution in [3.63, 3.8) is 0 Å². The van der Waals surface area contributed by atoms with Crippen LogP contribution in [0.2, 0.25) is 0 Å². The summed E-state index contributed by atoms with van der Waals surface area (Å²) in [5.41, 5.74) is 1.07. The van der Waals surface area contributed by atoms with Gasteiger partial charge in [0, 0.05) is 6.42 Å². The lowest BCUT2D eigenvalue weighted by atomic mass is 10.2. The fourth-order valence-electron chi connectivity index (χ4n) is 1.08. The van der Waals surface area contributed by atoms with Crippen LogP contribution in [0.25, 0.3) is 0 Å². The molecule has 0 saturated carbocycles. The molecule has 0 radical (unpaired) electrons. The normalized spacial score (nSPS) is 11.8. The number of aliphatic hydroxyl groups excluding tert-OH is 1. The first kappa shape index (κ1) is 11.6. The molecule has 4 nitrogen and oxygen atoms in total. The lowest BCUT2D eigenvalue weighted by Gasteiger charge is -2.05. The van der Waals surface area contributed by atoms with Gasteiger partial charge in [-0.25, -0.2) is 4.79 Å². The van der Waals surface area contributed by atoms with Crippen LogP contribution in [-0.2, 0) is 16.1 Å². The first-order valence-corrected chi connectivity index (χ1v) is 4.69. The molecule has 0 fully saturated rings. The topological polar surface area (TPSA) is 58.9 Å². The molecule has 1 rings (SSSR count). The van der Waals surface area contributed by atoms with Gasteiger partial charge < -0.3 is 9.84 Å². The predicted octanol–water partition coefficient (Wildman–Crippen LogP) is 1.25. The van der Waals surface area contributed by atoms with E-state index < -0.39 is 6.23 Å². The van der Waals surface area contributed by atoms with E-state index in [0.29, 0.717) is 19.6 Å². The van der Waals surface area contributed by atoms with Gasteiger partial charge in [0.1, 0.15) is 0 Å². The summed E-state index contributed by atoms with van der Waals surface area (Å²) >= 11 is 0. The average molecular weight is 207 g/mol. The second-order valence-corrected chi connectivity index (χ2v) is 3.03. The zero-order valence-corrected chi connectivity index (χ0v) is 8.30. The average Bonchev–Trinajstić information content (AvgIpc) is 2.26. The van der Waals surface area contributed by atoms with Gasteiger partial charge in [0.25, 0.3) is 0 Å². The summed E-state index contributed by atoms with van der Waals surface area (Å²) in [6, 6.07) is 9.72. The molecule has 0 bridgehead atoms. The van der Waals surface area contributed by atoms with E-state index in [9.17, 15) is 4.79 Å². The quantitative estimate of drug-likeness (QED) is 0.434. The van der Waals surface area contributed by atoms with Gasteiger partial charge in [-0.15, -0.1) is 0 Å². The number of isocyanates is 1. The number of benzene rings is 1. The Balaban J connectivity index is 2.15. The maximum atomic E-state index is 9.78. The van der Waals surface area contributed by atoms with Crippen LogP contribution in [0.15, 0.2) is 35.3 Å². The lowest BCUT2D eigenvalue weighted by molar-refractivity contribution is 0.0768. The highest BCUT2D eigenvalue weighted by Crippen LogP contribution is 2.01. The van der Waals surface area contributed by atoms with E-state index in [2.05, 4.69) is 4.99 Å². The first-order chi connectivity index (χ1) is 7.33. The van der Waals surface area contributed by atoms with Crippen LogP contribution in [0.4, 0.5) is 0 Å². The molecule has 0 amide bonds. The van der Waals surface area contributed by atoms with Crippen LogP contribution in [0.3, 0.4) is 0 Å². The van der Waals surface area contributed by atoms with Gasteiger partial charge in [0.05, 0.1) is 13.2 Å². The summed E-state index contributed by atoms with van der Waals surface area (Å²) in [6.45, 7) is 0.861. The molecule has 1 unspecified atom stereocenters. The highest BCUT2D eigenvalue weighted by atomic mass is 16.5. The molecule has 1 aromatic carbocycles. The van der Waals surface area contributed by atoms with E-state index in [4.69, 9.17) is 9.84 Å². The van der Waals surface area contributed by atoms with Crippen molar-refractivity contribution in [3.05, 3.63) is 35.9 Å². The minimum atomic E-state index is -1.00. The maximum Gasteiger partial charge on any atom is 0.237 e. The highest BCUT2D eigenvalue weighted by Gasteiger charge is 2.00. The Morgan fingerprint density at radius 1 is 1.40 bits per heavy atom. The number of rotatable bonds is 6. The standard InChI is InChI=1S/C11H13NO3/c13-9-12-11(14)6-7-15-8-10-4-2-1-3-5-10/h1-5,11,14H,6-8H2. The molecule has 1 atom stereocenters. The van der Waals surface area contributed by atoms with Crippen molar-refractivity contribution in [1.29, 1.82) is 0 Å². The molecule has 0 aromatic heterocycles. The molecule has 0 saturated heterocycles. The number of aliphatic imine (C=N–C) groups is 1. The van der Waals surface area contributed by atoms with E-state index in [1.807, 2.05) is 30.3 Å². The third-order valence-corrected chi connectivity index (χ3v) is 1.83. The smallest absolute Gasteiger partial charge is 0.237 e. The molecule has 80 valence electrons. The van der Waals surface area contributed by atoms with Gasteiger partial charge in [-0.05, 0) is 5.56 Å². The van der Waals surface area contributed by atoms with E-state index in [-0.39, 0.29) is 0 Å². The van der Waals surface area contributed by atoms with Crippen LogP contribution in [0.5, 0.6) is 0 Å². The van der Waals surface area contributed by atoms with Gasteiger partial charge in [0.2, 0.25) is 6.08 Å². The van der Waals surface area contributed by atoms with Gasteiger partial charge in [-0.1, -0.05) is 30.3 Å². The van der Waals surface area contributed by atoms with Crippen LogP contribution in [0.1, 0.15) is 12.0 Å². The molecule has 0 aliphatic rings. The zero-order valence-electron chi connectivity index (χ0n) is 8.30. The van der Waals surface area contributed by atoms with E-state index >= 15 is 0 Å². The Labute approximate surface area is 88.2 Å². The third kappa shape index (κ3) is 5.08. The molecule has 0 heterocycles. The van der Waals surface area contributed by atoms with Crippen molar-refractivity contribution in [1.82, 2.24) is 0 Å². The second-order valence-electron chi connectivity index (χ2n) is 3.03. The van der Waals surface area contributed by atoms with Crippen LogP contribution < -0.4 is 0 Å². The van der Waals surface area contributed by atoms with Gasteiger partial charge in [0.15, 0.2) is 6.23 Å². The number of ether oxygens (including phenoxy) is 1. The lowest BCUT2D eigenvalue weighted by Crippen LogP contribution is -2.07. The summed E-state index contributed by atoms with van der Waals surface area (Å²) < 4.78 is 5.29. The largest absolute Gasteiger partial charge is 0.377 e. The van der Waals surface area contributed by atoms with Crippen molar-refractivity contribution < 1.29 is 14.6 Å². The summed E-state index contributed by atoms with van der Waals surface area (Å²) in [4.78, 5) is 12.9. The van der Waals surface area contributed by atoms with Crippen molar-refractivity contribution in [3.8, 4) is 0 Å². The molecular formula is C11H13NO3. The number of aliphatic hydroxyl groups is 1. The van der Waals surface area contributed by atoms with Gasteiger partial charge >= 0.3 is 0 Å². The summed E-state index contributed by atoms with van der Waals surface area (Å²) in [7, 11) is 0. The van der Waals surface area contributed by atoms with E-state index in [0.717, 1.165) is 5.56 Å². The van der Waals surface area contributed by atoms with Gasteiger partial charge in [-0.3, -0.25) is 0 Å². The zero-order chi connectivity index (χ0) is 10.9. The predicted molar refractivity (Wildman–Crippen MR) is 54.8 cm³/mol. The van der Waals surface area contributed by atoms with Crippen LogP contribution in [-0.4, -0.2) is 24.0 Å². The molecule has 15 heavy (non-hydrogen) atoms. The summed E-state index contributed by atoms with van der Waals surface area (Å²) in [6.07, 6.45) is 0.602. The Bertz CT molecular complexity index is 320. The Morgan fingerprint density at radius 3 is 2.80 bits per heavy atom. The Morgan fingerprint density at radius 2 is 2.13 bits per heavy atom. The molecule has 4 heteroatoms. The van der Waals surface area contributed by atoms with Crippen molar-refractivity contribution in [2.45, 2.75) is 19.3 Å². The molecule has 0 spiro atoms. The maximum absolute atomic E-state index is 9.78.